The Bertz CT molecular complexity index is 789. The van der Waals surface area contributed by atoms with Gasteiger partial charge in [0.25, 0.3) is 0 Å². The van der Waals surface area contributed by atoms with Crippen LogP contribution in [0.2, 0.25) is 0 Å². The number of hydrogen-bond donors (Lipinski definition) is 1. The molecule has 3 nitrogen and oxygen atoms in total. The second-order valence-electron chi connectivity index (χ2n) is 7.15. The molecule has 3 rings (SSSR count). The number of hydrogen-bond acceptors (Lipinski definition) is 3. The van der Waals surface area contributed by atoms with Crippen molar-refractivity contribution in [2.45, 2.75) is 44.2 Å². The predicted molar refractivity (Wildman–Crippen MR) is 109 cm³/mol. The van der Waals surface area contributed by atoms with Crippen LogP contribution in [0, 0.1) is 11.8 Å². The Morgan fingerprint density at radius 3 is 2.48 bits per heavy atom. The summed E-state index contributed by atoms with van der Waals surface area (Å²) in [6.45, 7) is 8.35. The van der Waals surface area contributed by atoms with E-state index in [1.165, 1.54) is 0 Å². The summed E-state index contributed by atoms with van der Waals surface area (Å²) >= 11 is 0. The molecule has 0 spiro atoms. The summed E-state index contributed by atoms with van der Waals surface area (Å²) in [4.78, 5) is 0. The van der Waals surface area contributed by atoms with E-state index < -0.39 is 5.79 Å². The molecule has 0 bridgehead atoms. The molecule has 1 saturated heterocycles. The molecule has 2 aromatic carbocycles. The monoisotopic (exact) mass is 361 g/mol. The Kier molecular flexibility index (Phi) is 6.47. The highest BCUT2D eigenvalue weighted by molar-refractivity contribution is 5.35. The van der Waals surface area contributed by atoms with E-state index >= 15 is 0 Å². The van der Waals surface area contributed by atoms with Gasteiger partial charge in [0.1, 0.15) is 6.10 Å². The zero-order chi connectivity index (χ0) is 19.1. The van der Waals surface area contributed by atoms with Crippen LogP contribution in [-0.4, -0.2) is 24.5 Å². The molecule has 0 radical (unpaired) electrons. The summed E-state index contributed by atoms with van der Waals surface area (Å²) in [6.07, 6.45) is 2.55. The van der Waals surface area contributed by atoms with Crippen molar-refractivity contribution in [3.8, 4) is 11.8 Å². The molecular formula is C24H27NO2. The highest BCUT2D eigenvalue weighted by atomic mass is 16.7. The Labute approximate surface area is 162 Å². The third-order valence-corrected chi connectivity index (χ3v) is 4.50. The van der Waals surface area contributed by atoms with E-state index in [2.05, 4.69) is 35.9 Å². The molecule has 0 saturated carbocycles. The Morgan fingerprint density at radius 2 is 1.81 bits per heavy atom. The molecule has 0 aliphatic carbocycles. The van der Waals surface area contributed by atoms with Crippen molar-refractivity contribution in [2.75, 3.05) is 6.61 Å². The Morgan fingerprint density at radius 1 is 1.15 bits per heavy atom. The minimum atomic E-state index is -0.609. The number of ether oxygens (including phenoxy) is 2. The molecule has 1 heterocycles. The van der Waals surface area contributed by atoms with Crippen LogP contribution in [0.4, 0.5) is 0 Å². The Hall–Kier alpha value is -2.38. The highest BCUT2D eigenvalue weighted by Crippen LogP contribution is 2.33. The Balaban J connectivity index is 1.79. The minimum Gasteiger partial charge on any atom is -0.349 e. The van der Waals surface area contributed by atoms with Crippen molar-refractivity contribution in [1.29, 1.82) is 0 Å². The van der Waals surface area contributed by atoms with E-state index in [9.17, 15) is 0 Å². The fourth-order valence-corrected chi connectivity index (χ4v) is 3.16. The molecule has 2 aromatic rings. The number of nitrogens with one attached hydrogen (secondary N) is 1. The minimum absolute atomic E-state index is 0.00967. The second-order valence-corrected chi connectivity index (χ2v) is 7.15. The van der Waals surface area contributed by atoms with E-state index in [4.69, 9.17) is 9.47 Å². The van der Waals surface area contributed by atoms with Gasteiger partial charge >= 0.3 is 0 Å². The molecule has 0 amide bonds. The van der Waals surface area contributed by atoms with E-state index in [0.29, 0.717) is 6.61 Å². The molecular weight excluding hydrogens is 334 g/mol. The van der Waals surface area contributed by atoms with Crippen molar-refractivity contribution in [3.63, 3.8) is 0 Å². The van der Waals surface area contributed by atoms with E-state index in [-0.39, 0.29) is 18.2 Å². The van der Waals surface area contributed by atoms with Crippen molar-refractivity contribution in [2.24, 2.45) is 0 Å². The highest BCUT2D eigenvalue weighted by Gasteiger charge is 2.37. The first-order valence-corrected chi connectivity index (χ1v) is 9.38. The summed E-state index contributed by atoms with van der Waals surface area (Å²) in [7, 11) is 0. The molecule has 0 aromatic heterocycles. The first-order chi connectivity index (χ1) is 13.1. The lowest BCUT2D eigenvalue weighted by molar-refractivity contribution is -0.285. The smallest absolute Gasteiger partial charge is 0.163 e. The summed E-state index contributed by atoms with van der Waals surface area (Å²) in [6, 6.07) is 20.3. The van der Waals surface area contributed by atoms with E-state index in [1.807, 2.05) is 68.5 Å². The molecule has 0 unspecified atom stereocenters. The second kappa shape index (κ2) is 9.01. The van der Waals surface area contributed by atoms with Crippen LogP contribution in [0.5, 0.6) is 0 Å². The molecule has 1 fully saturated rings. The van der Waals surface area contributed by atoms with Gasteiger partial charge in [-0.1, -0.05) is 66.4 Å². The lowest BCUT2D eigenvalue weighted by Crippen LogP contribution is -2.52. The summed E-state index contributed by atoms with van der Waals surface area (Å²) in [5, 5.41) is 3.62. The number of benzene rings is 2. The third kappa shape index (κ3) is 5.55. The summed E-state index contributed by atoms with van der Waals surface area (Å²) in [5.41, 5.74) is 2.14. The van der Waals surface area contributed by atoms with Gasteiger partial charge in [-0.3, -0.25) is 5.32 Å². The third-order valence-electron chi connectivity index (χ3n) is 4.50. The SMILES string of the molecule is C=CC[C@@H](C#Cc1ccccc1)N[C@H]1COC(C)(C)O[C@H]1c1ccccc1. The van der Waals surface area contributed by atoms with Crippen molar-refractivity contribution in [3.05, 3.63) is 84.4 Å². The van der Waals surface area contributed by atoms with Crippen LogP contribution in [0.15, 0.2) is 73.3 Å². The van der Waals surface area contributed by atoms with Crippen LogP contribution in [0.25, 0.3) is 0 Å². The lowest BCUT2D eigenvalue weighted by atomic mass is 9.99. The first kappa shape index (κ1) is 19.4. The lowest BCUT2D eigenvalue weighted by Gasteiger charge is -2.42. The average Bonchev–Trinajstić information content (AvgIpc) is 2.69. The maximum Gasteiger partial charge on any atom is 0.163 e. The van der Waals surface area contributed by atoms with Crippen LogP contribution in [0.3, 0.4) is 0 Å². The van der Waals surface area contributed by atoms with Gasteiger partial charge in [0.15, 0.2) is 5.79 Å². The number of rotatable bonds is 5. The van der Waals surface area contributed by atoms with E-state index in [1.54, 1.807) is 0 Å². The largest absolute Gasteiger partial charge is 0.349 e. The zero-order valence-corrected chi connectivity index (χ0v) is 16.0. The van der Waals surface area contributed by atoms with Crippen LogP contribution >= 0.6 is 0 Å². The van der Waals surface area contributed by atoms with Gasteiger partial charge in [-0.2, -0.15) is 0 Å². The van der Waals surface area contributed by atoms with Crippen LogP contribution < -0.4 is 5.32 Å². The van der Waals surface area contributed by atoms with Crippen LogP contribution in [-0.2, 0) is 9.47 Å². The molecule has 1 aliphatic rings. The maximum atomic E-state index is 6.26. The van der Waals surface area contributed by atoms with Gasteiger partial charge in [-0.15, -0.1) is 6.58 Å². The fraction of sp³-hybridized carbons (Fsp3) is 0.333. The van der Waals surface area contributed by atoms with E-state index in [0.717, 1.165) is 17.5 Å². The fourth-order valence-electron chi connectivity index (χ4n) is 3.16. The molecule has 140 valence electrons. The zero-order valence-electron chi connectivity index (χ0n) is 16.0. The normalized spacial score (nSPS) is 22.3. The standard InChI is InChI=1S/C24H27NO2/c1-4-11-21(17-16-19-12-7-5-8-13-19)25-22-18-26-24(2,3)27-23(22)20-14-9-6-10-15-20/h4-10,12-15,21-23,25H,1,11,18H2,2-3H3/t21-,22-,23-/m0/s1. The van der Waals surface area contributed by atoms with Gasteiger partial charge in [-0.05, 0) is 38.0 Å². The first-order valence-electron chi connectivity index (χ1n) is 9.38. The van der Waals surface area contributed by atoms with Gasteiger partial charge in [0.2, 0.25) is 0 Å². The molecule has 3 atom stereocenters. The molecule has 1 N–H and O–H groups in total. The van der Waals surface area contributed by atoms with Gasteiger partial charge in [0, 0.05) is 5.56 Å². The van der Waals surface area contributed by atoms with Crippen molar-refractivity contribution in [1.82, 2.24) is 5.32 Å². The van der Waals surface area contributed by atoms with Gasteiger partial charge in [0.05, 0.1) is 18.7 Å². The van der Waals surface area contributed by atoms with Crippen molar-refractivity contribution < 1.29 is 9.47 Å². The molecule has 27 heavy (non-hydrogen) atoms. The van der Waals surface area contributed by atoms with Gasteiger partial charge in [-0.25, -0.2) is 0 Å². The molecule has 1 aliphatic heterocycles. The topological polar surface area (TPSA) is 30.5 Å². The summed E-state index contributed by atoms with van der Waals surface area (Å²) < 4.78 is 12.2. The predicted octanol–water partition coefficient (Wildman–Crippen LogP) is 4.47. The quantitative estimate of drug-likeness (QED) is 0.630. The maximum absolute atomic E-state index is 6.26. The molecule has 3 heteroatoms. The van der Waals surface area contributed by atoms with Crippen LogP contribution in [0.1, 0.15) is 37.5 Å². The van der Waals surface area contributed by atoms with Crippen molar-refractivity contribution >= 4 is 0 Å². The average molecular weight is 361 g/mol. The van der Waals surface area contributed by atoms with Gasteiger partial charge < -0.3 is 9.47 Å². The summed E-state index contributed by atoms with van der Waals surface area (Å²) in [5.74, 6) is 5.97.